The Hall–Kier alpha value is -9.36. The van der Waals surface area contributed by atoms with Crippen molar-refractivity contribution >= 4 is 97.8 Å². The third-order valence-electron chi connectivity index (χ3n) is 15.1. The molecule has 0 saturated carbocycles. The molecule has 0 saturated heterocycles. The van der Waals surface area contributed by atoms with E-state index in [9.17, 15) is 8.78 Å². The maximum absolute atomic E-state index is 13.0. The molecule has 0 amide bonds. The first kappa shape index (κ1) is 67.0. The lowest BCUT2D eigenvalue weighted by Crippen LogP contribution is -2.05. The Morgan fingerprint density at radius 1 is 0.391 bits per heavy atom. The second kappa shape index (κ2) is 30.2. The first-order valence-corrected chi connectivity index (χ1v) is 32.5. The lowest BCUT2D eigenvalue weighted by Gasteiger charge is -2.01. The van der Waals surface area contributed by atoms with Gasteiger partial charge in [0.1, 0.15) is 52.0 Å². The van der Waals surface area contributed by atoms with Gasteiger partial charge in [-0.1, -0.05) is 107 Å². The number of furan rings is 2. The number of halogens is 2. The number of nitrogens with zero attached hydrogens (tertiary/aromatic N) is 4. The summed E-state index contributed by atoms with van der Waals surface area (Å²) >= 11 is 3.27. The number of H-pyrrole nitrogens is 1. The van der Waals surface area contributed by atoms with Crippen LogP contribution in [0.3, 0.4) is 0 Å². The van der Waals surface area contributed by atoms with Gasteiger partial charge in [-0.15, -0.1) is 22.7 Å². The Kier molecular flexibility index (Phi) is 22.0. The molecule has 470 valence electrons. The molecule has 16 rings (SSSR count). The molecule has 0 radical (unpaired) electrons. The van der Waals surface area contributed by atoms with E-state index in [-0.39, 0.29) is 11.6 Å². The second-order valence-corrected chi connectivity index (χ2v) is 26.5. The summed E-state index contributed by atoms with van der Waals surface area (Å²) in [5.74, 6) is 3.48. The van der Waals surface area contributed by atoms with Gasteiger partial charge in [-0.25, -0.2) is 23.7 Å². The predicted molar refractivity (Wildman–Crippen MR) is 385 cm³/mol. The minimum absolute atomic E-state index is 0.147. The molecule has 0 spiro atoms. The van der Waals surface area contributed by atoms with Crippen LogP contribution >= 0.6 is 22.7 Å². The highest BCUT2D eigenvalue weighted by atomic mass is 32.1. The standard InChI is InChI=1S/C12H12.C11H11N.C10H9FO.C10H12O.C10H10O.C9H8FNS.C9H10N2.C9H9NS/c1-9-3-5-12-8-10(2)4-6-11(12)7-9;1-8-3-6-11-10(7-8)5-4-9(2)12-11;1-6-3-8-4-7(2)12-10(8)5-9(6)11;2*1-7-3-4-10-9(5-7)6-8(2)11-10;1-5-3-8-9(4-7(5)10)12-6(2)11-8;1-6-3-4-8-9(5-6)11-7(2)10-8;1-6-3-4-9-8(5-6)10-7(2)11-9/h3-8H,1-2H3;3-7H,1-2H3;3-5H,1-2H3;3-5,8H,6H2,1-2H3;3-6H,1-2H3;3-4H,1-2H3;3-5H,1-2H3,(H,10,11);3-5H,1-2H3. The van der Waals surface area contributed by atoms with Gasteiger partial charge in [0.15, 0.2) is 0 Å². The molecule has 12 heteroatoms. The van der Waals surface area contributed by atoms with Crippen molar-refractivity contribution in [2.45, 2.75) is 123 Å². The van der Waals surface area contributed by atoms with Crippen LogP contribution in [-0.2, 0) is 6.42 Å². The van der Waals surface area contributed by atoms with Gasteiger partial charge in [-0.3, -0.25) is 4.98 Å². The number of aryl methyl sites for hydroxylation is 15. The summed E-state index contributed by atoms with van der Waals surface area (Å²) in [6, 6.07) is 59.3. The fourth-order valence-corrected chi connectivity index (χ4v) is 12.2. The van der Waals surface area contributed by atoms with Gasteiger partial charge in [0, 0.05) is 34.3 Å². The molecule has 8 nitrogen and oxygen atoms in total. The third kappa shape index (κ3) is 18.4. The quantitative estimate of drug-likeness (QED) is 0.161. The lowest BCUT2D eigenvalue weighted by atomic mass is 10.1. The monoisotopic (exact) mass is 1260 g/mol. The molecule has 9 aromatic carbocycles. The molecule has 1 atom stereocenters. The number of benzene rings is 9. The fourth-order valence-electron chi connectivity index (χ4n) is 10.6. The van der Waals surface area contributed by atoms with Crippen molar-refractivity contribution in [2.75, 3.05) is 0 Å². The number of nitrogens with one attached hydrogen (secondary N) is 1. The maximum Gasteiger partial charge on any atom is 0.137 e. The van der Waals surface area contributed by atoms with E-state index in [2.05, 4.69) is 208 Å². The number of fused-ring (bicyclic) bond motifs is 8. The van der Waals surface area contributed by atoms with Crippen LogP contribution in [0.25, 0.3) is 75.1 Å². The normalized spacial score (nSPS) is 12.0. The Morgan fingerprint density at radius 3 is 1.55 bits per heavy atom. The van der Waals surface area contributed by atoms with Gasteiger partial charge >= 0.3 is 0 Å². The Bertz CT molecular complexity index is 4520. The first-order valence-electron chi connectivity index (χ1n) is 30.9. The van der Waals surface area contributed by atoms with E-state index in [1.165, 1.54) is 88.2 Å². The zero-order valence-corrected chi connectivity index (χ0v) is 57.2. The summed E-state index contributed by atoms with van der Waals surface area (Å²) in [5, 5.41) is 8.18. The molecule has 7 heterocycles. The Morgan fingerprint density at radius 2 is 0.880 bits per heavy atom. The van der Waals surface area contributed by atoms with Gasteiger partial charge in [0.05, 0.1) is 47.0 Å². The number of aromatic amines is 1. The van der Waals surface area contributed by atoms with Crippen LogP contribution in [0, 0.1) is 115 Å². The highest BCUT2D eigenvalue weighted by Crippen LogP contribution is 2.30. The first-order chi connectivity index (χ1) is 43.9. The number of imidazole rings is 1. The summed E-state index contributed by atoms with van der Waals surface area (Å²) in [7, 11) is 0. The summed E-state index contributed by atoms with van der Waals surface area (Å²) in [6.07, 6.45) is 1.43. The lowest BCUT2D eigenvalue weighted by molar-refractivity contribution is 0.254. The highest BCUT2D eigenvalue weighted by Gasteiger charge is 2.18. The number of pyridine rings is 1. The summed E-state index contributed by atoms with van der Waals surface area (Å²) < 4.78 is 44.5. The smallest absolute Gasteiger partial charge is 0.137 e. The van der Waals surface area contributed by atoms with Gasteiger partial charge < -0.3 is 18.6 Å². The minimum atomic E-state index is -0.211. The van der Waals surface area contributed by atoms with Crippen LogP contribution in [0.5, 0.6) is 5.75 Å². The Labute approximate surface area is 547 Å². The van der Waals surface area contributed by atoms with Crippen LogP contribution in [0.15, 0.2) is 185 Å². The Balaban J connectivity index is 0.000000124. The van der Waals surface area contributed by atoms with Crippen LogP contribution in [-0.4, -0.2) is 31.0 Å². The number of hydrogen-bond donors (Lipinski definition) is 1. The fraction of sp³-hybridized carbons (Fsp3) is 0.225. The molecule has 1 unspecified atom stereocenters. The van der Waals surface area contributed by atoms with E-state index in [1.54, 1.807) is 43.4 Å². The SMILES string of the molecule is Cc1cc2cc(C)c(F)cc2o1.Cc1ccc2c(c1)CC(C)O2.Cc1ccc2cc(C)ccc2c1.Cc1ccc2nc(C)[nH]c2c1.Cc1ccc2nc(C)ccc2c1.Cc1ccc2oc(C)cc2c1.Cc1ccc2sc(C)nc2c1.Cc1nc2cc(C)c(F)cc2s1. The molecule has 1 aliphatic rings. The van der Waals surface area contributed by atoms with E-state index in [4.69, 9.17) is 13.6 Å². The van der Waals surface area contributed by atoms with Gasteiger partial charge in [-0.05, 0) is 240 Å². The molecular formula is C80H81F2N5O3S2. The average molecular weight is 1260 g/mol. The van der Waals surface area contributed by atoms with E-state index in [1.807, 2.05) is 65.8 Å². The third-order valence-corrected chi connectivity index (χ3v) is 17.0. The second-order valence-electron chi connectivity index (χ2n) is 24.0. The number of aromatic nitrogens is 5. The van der Waals surface area contributed by atoms with E-state index >= 15 is 0 Å². The van der Waals surface area contributed by atoms with E-state index in [0.717, 1.165) is 88.5 Å². The van der Waals surface area contributed by atoms with E-state index < -0.39 is 0 Å². The average Bonchev–Trinajstić information content (AvgIpc) is 2.05. The zero-order chi connectivity index (χ0) is 65.9. The molecule has 6 aromatic heterocycles. The molecular weight excluding hydrogens is 1180 g/mol. The van der Waals surface area contributed by atoms with Gasteiger partial charge in [-0.2, -0.15) is 0 Å². The number of rotatable bonds is 0. The van der Waals surface area contributed by atoms with Crippen molar-refractivity contribution < 1.29 is 22.4 Å². The van der Waals surface area contributed by atoms with Gasteiger partial charge in [0.25, 0.3) is 0 Å². The molecule has 0 bridgehead atoms. The van der Waals surface area contributed by atoms with Crippen LogP contribution in [0.4, 0.5) is 8.78 Å². The minimum Gasteiger partial charge on any atom is -0.490 e. The molecule has 0 fully saturated rings. The van der Waals surface area contributed by atoms with Gasteiger partial charge in [0.2, 0.25) is 0 Å². The van der Waals surface area contributed by atoms with Crippen molar-refractivity contribution in [3.63, 3.8) is 0 Å². The number of thiazole rings is 2. The number of hydrogen-bond acceptors (Lipinski definition) is 9. The predicted octanol–water partition coefficient (Wildman–Crippen LogP) is 23.0. The molecule has 15 aromatic rings. The highest BCUT2D eigenvalue weighted by molar-refractivity contribution is 7.18. The van der Waals surface area contributed by atoms with E-state index in [0.29, 0.717) is 22.8 Å². The van der Waals surface area contributed by atoms with Crippen molar-refractivity contribution in [3.8, 4) is 5.75 Å². The molecule has 92 heavy (non-hydrogen) atoms. The van der Waals surface area contributed by atoms with Crippen molar-refractivity contribution in [3.05, 3.63) is 276 Å². The largest absolute Gasteiger partial charge is 0.490 e. The molecule has 0 aliphatic carbocycles. The summed E-state index contributed by atoms with van der Waals surface area (Å²) in [5.41, 5.74) is 19.7. The van der Waals surface area contributed by atoms with Crippen LogP contribution < -0.4 is 4.74 Å². The van der Waals surface area contributed by atoms with Crippen molar-refractivity contribution in [1.29, 1.82) is 0 Å². The van der Waals surface area contributed by atoms with Crippen molar-refractivity contribution in [2.24, 2.45) is 0 Å². The zero-order valence-electron chi connectivity index (χ0n) is 55.6. The summed E-state index contributed by atoms with van der Waals surface area (Å²) in [6.45, 7) is 32.1. The summed E-state index contributed by atoms with van der Waals surface area (Å²) in [4.78, 5) is 20.6. The van der Waals surface area contributed by atoms with Crippen LogP contribution in [0.1, 0.15) is 95.6 Å². The molecule has 1 N–H and O–H groups in total. The number of ether oxygens (including phenoxy) is 1. The van der Waals surface area contributed by atoms with Crippen LogP contribution in [0.2, 0.25) is 0 Å². The van der Waals surface area contributed by atoms with Crippen molar-refractivity contribution in [1.82, 2.24) is 24.9 Å². The topological polar surface area (TPSA) is 103 Å². The molecule has 1 aliphatic heterocycles. The maximum atomic E-state index is 13.0.